The number of anilines is 1. The van der Waals surface area contributed by atoms with Gasteiger partial charge in [0.25, 0.3) is 0 Å². The van der Waals surface area contributed by atoms with Crippen LogP contribution in [0.2, 0.25) is 0 Å². The first-order valence-electron chi connectivity index (χ1n) is 7.71. The van der Waals surface area contributed by atoms with E-state index in [1.54, 1.807) is 17.6 Å². The van der Waals surface area contributed by atoms with Crippen LogP contribution in [0.3, 0.4) is 0 Å². The van der Waals surface area contributed by atoms with Gasteiger partial charge in [0, 0.05) is 34.8 Å². The lowest BCUT2D eigenvalue weighted by Crippen LogP contribution is -2.20. The molecule has 1 N–H and O–H groups in total. The summed E-state index contributed by atoms with van der Waals surface area (Å²) in [5.74, 6) is 0.863. The SMILES string of the molecule is COCCc1nsc(NCc2cc3c(s2)CCC(C)(C)C3)n1. The third kappa shape index (κ3) is 3.86. The lowest BCUT2D eigenvalue weighted by Gasteiger charge is -2.29. The van der Waals surface area contributed by atoms with Crippen LogP contribution < -0.4 is 5.32 Å². The predicted molar refractivity (Wildman–Crippen MR) is 92.9 cm³/mol. The minimum Gasteiger partial charge on any atom is -0.384 e. The van der Waals surface area contributed by atoms with E-state index in [9.17, 15) is 0 Å². The van der Waals surface area contributed by atoms with Gasteiger partial charge in [-0.05, 0) is 36.3 Å². The number of hydrogen-bond donors (Lipinski definition) is 1. The number of nitrogens with zero attached hydrogens (tertiary/aromatic N) is 2. The van der Waals surface area contributed by atoms with Gasteiger partial charge in [-0.1, -0.05) is 13.8 Å². The summed E-state index contributed by atoms with van der Waals surface area (Å²) >= 11 is 3.38. The number of aromatic nitrogens is 2. The van der Waals surface area contributed by atoms with Crippen LogP contribution in [0.5, 0.6) is 0 Å². The Morgan fingerprint density at radius 2 is 2.27 bits per heavy atom. The highest BCUT2D eigenvalue weighted by Crippen LogP contribution is 2.38. The van der Waals surface area contributed by atoms with Gasteiger partial charge in [-0.25, -0.2) is 4.98 Å². The average Bonchev–Trinajstić information content (AvgIpc) is 3.07. The minimum atomic E-state index is 0.453. The maximum absolute atomic E-state index is 5.05. The second kappa shape index (κ2) is 6.64. The Balaban J connectivity index is 1.58. The van der Waals surface area contributed by atoms with Gasteiger partial charge in [-0.3, -0.25) is 0 Å². The van der Waals surface area contributed by atoms with Crippen molar-refractivity contribution in [1.82, 2.24) is 9.36 Å². The highest BCUT2D eigenvalue weighted by atomic mass is 32.1. The molecule has 22 heavy (non-hydrogen) atoms. The summed E-state index contributed by atoms with van der Waals surface area (Å²) in [7, 11) is 1.70. The molecule has 2 heterocycles. The van der Waals surface area contributed by atoms with E-state index < -0.39 is 0 Å². The molecule has 0 bridgehead atoms. The second-order valence-electron chi connectivity index (χ2n) is 6.61. The lowest BCUT2D eigenvalue weighted by atomic mass is 9.77. The average molecular weight is 338 g/mol. The largest absolute Gasteiger partial charge is 0.384 e. The van der Waals surface area contributed by atoms with Crippen molar-refractivity contribution in [2.75, 3.05) is 19.0 Å². The van der Waals surface area contributed by atoms with Crippen molar-refractivity contribution in [2.24, 2.45) is 5.41 Å². The highest BCUT2D eigenvalue weighted by Gasteiger charge is 2.26. The number of thiophene rings is 1. The molecule has 120 valence electrons. The van der Waals surface area contributed by atoms with Crippen molar-refractivity contribution in [3.63, 3.8) is 0 Å². The van der Waals surface area contributed by atoms with Gasteiger partial charge >= 0.3 is 0 Å². The highest BCUT2D eigenvalue weighted by molar-refractivity contribution is 7.12. The molecular weight excluding hydrogens is 314 g/mol. The molecule has 0 unspecified atom stereocenters. The molecule has 0 saturated heterocycles. The fourth-order valence-corrected chi connectivity index (χ4v) is 4.55. The summed E-state index contributed by atoms with van der Waals surface area (Å²) in [6.07, 6.45) is 4.51. The molecule has 0 amide bonds. The van der Waals surface area contributed by atoms with Crippen molar-refractivity contribution in [1.29, 1.82) is 0 Å². The molecule has 4 nitrogen and oxygen atoms in total. The maximum Gasteiger partial charge on any atom is 0.202 e. The molecule has 1 aliphatic carbocycles. The van der Waals surface area contributed by atoms with E-state index >= 15 is 0 Å². The van der Waals surface area contributed by atoms with Crippen molar-refractivity contribution in [3.8, 4) is 0 Å². The number of ether oxygens (including phenoxy) is 1. The van der Waals surface area contributed by atoms with E-state index in [1.807, 2.05) is 11.3 Å². The number of hydrogen-bond acceptors (Lipinski definition) is 6. The van der Waals surface area contributed by atoms with Gasteiger partial charge in [-0.15, -0.1) is 11.3 Å². The summed E-state index contributed by atoms with van der Waals surface area (Å²) in [5.41, 5.74) is 2.00. The Hall–Kier alpha value is -0.980. The quantitative estimate of drug-likeness (QED) is 0.868. The van der Waals surface area contributed by atoms with Gasteiger partial charge in [0.05, 0.1) is 13.2 Å². The molecule has 0 saturated carbocycles. The Kier molecular flexibility index (Phi) is 4.80. The van der Waals surface area contributed by atoms with Crippen molar-refractivity contribution in [2.45, 2.75) is 46.1 Å². The normalized spacial score (nSPS) is 16.5. The topological polar surface area (TPSA) is 47.0 Å². The number of fused-ring (bicyclic) bond motifs is 1. The summed E-state index contributed by atoms with van der Waals surface area (Å²) in [5, 5.41) is 4.30. The van der Waals surface area contributed by atoms with Crippen molar-refractivity contribution >= 4 is 28.0 Å². The number of methoxy groups -OCH3 is 1. The zero-order valence-corrected chi connectivity index (χ0v) is 15.1. The molecule has 0 aliphatic heterocycles. The van der Waals surface area contributed by atoms with E-state index in [-0.39, 0.29) is 0 Å². The molecule has 0 radical (unpaired) electrons. The van der Waals surface area contributed by atoms with Gasteiger partial charge in [0.1, 0.15) is 5.82 Å². The molecule has 0 atom stereocenters. The molecule has 3 rings (SSSR count). The van der Waals surface area contributed by atoms with E-state index in [1.165, 1.54) is 35.7 Å². The van der Waals surface area contributed by atoms with Crippen molar-refractivity contribution < 1.29 is 4.74 Å². The lowest BCUT2D eigenvalue weighted by molar-refractivity contribution is 0.201. The molecule has 0 spiro atoms. The fourth-order valence-electron chi connectivity index (χ4n) is 2.82. The molecule has 1 aliphatic rings. The van der Waals surface area contributed by atoms with Crippen molar-refractivity contribution in [3.05, 3.63) is 27.2 Å². The zero-order chi connectivity index (χ0) is 15.6. The first-order chi connectivity index (χ1) is 10.6. The van der Waals surface area contributed by atoms with Crippen LogP contribution in [0.1, 0.15) is 41.4 Å². The van der Waals surface area contributed by atoms with E-state index in [4.69, 9.17) is 4.74 Å². The fraction of sp³-hybridized carbons (Fsp3) is 0.625. The van der Waals surface area contributed by atoms with E-state index in [2.05, 4.69) is 34.6 Å². The Morgan fingerprint density at radius 1 is 1.41 bits per heavy atom. The monoisotopic (exact) mass is 337 g/mol. The van der Waals surface area contributed by atoms with Crippen LogP contribution in [0.15, 0.2) is 6.07 Å². The van der Waals surface area contributed by atoms with Crippen LogP contribution >= 0.6 is 22.9 Å². The Morgan fingerprint density at radius 3 is 3.09 bits per heavy atom. The molecule has 6 heteroatoms. The summed E-state index contributed by atoms with van der Waals surface area (Å²) in [6.45, 7) is 6.25. The van der Waals surface area contributed by atoms with Crippen LogP contribution in [0.4, 0.5) is 5.13 Å². The number of aryl methyl sites for hydroxylation is 1. The molecular formula is C16H23N3OS2. The van der Waals surface area contributed by atoms with Crippen LogP contribution in [0.25, 0.3) is 0 Å². The first-order valence-corrected chi connectivity index (χ1v) is 9.30. The number of nitrogens with one attached hydrogen (secondary N) is 1. The first kappa shape index (κ1) is 15.9. The molecule has 0 fully saturated rings. The summed E-state index contributed by atoms with van der Waals surface area (Å²) < 4.78 is 9.40. The summed E-state index contributed by atoms with van der Waals surface area (Å²) in [6, 6.07) is 2.38. The van der Waals surface area contributed by atoms with Gasteiger partial charge in [-0.2, -0.15) is 4.37 Å². The predicted octanol–water partition coefficient (Wildman–Crippen LogP) is 3.92. The molecule has 2 aromatic heterocycles. The van der Waals surface area contributed by atoms with E-state index in [0.29, 0.717) is 12.0 Å². The zero-order valence-electron chi connectivity index (χ0n) is 13.4. The number of rotatable bonds is 6. The van der Waals surface area contributed by atoms with Crippen LogP contribution in [-0.4, -0.2) is 23.1 Å². The van der Waals surface area contributed by atoms with Gasteiger partial charge in [0.2, 0.25) is 5.13 Å². The van der Waals surface area contributed by atoms with E-state index in [0.717, 1.165) is 23.9 Å². The Labute approximate surface area is 140 Å². The second-order valence-corrected chi connectivity index (χ2v) is 8.59. The third-order valence-electron chi connectivity index (χ3n) is 4.06. The third-order valence-corrected chi connectivity index (χ3v) is 6.00. The molecule has 2 aromatic rings. The maximum atomic E-state index is 5.05. The van der Waals surface area contributed by atoms with Crippen LogP contribution in [0, 0.1) is 5.41 Å². The minimum absolute atomic E-state index is 0.453. The van der Waals surface area contributed by atoms with Crippen LogP contribution in [-0.2, 0) is 30.5 Å². The smallest absolute Gasteiger partial charge is 0.202 e. The summed E-state index contributed by atoms with van der Waals surface area (Å²) in [4.78, 5) is 7.47. The Bertz CT molecular complexity index is 633. The van der Waals surface area contributed by atoms with Gasteiger partial charge in [0.15, 0.2) is 0 Å². The standard InChI is InChI=1S/C16H23N3OS2/c1-16(2)6-4-13-11(9-16)8-12(21-13)10-17-15-18-14(19-22-15)5-7-20-3/h8H,4-7,9-10H2,1-3H3,(H,17,18,19). The van der Waals surface area contributed by atoms with Gasteiger partial charge < -0.3 is 10.1 Å². The molecule has 0 aromatic carbocycles.